The summed E-state index contributed by atoms with van der Waals surface area (Å²) >= 11 is 5.85. The van der Waals surface area contributed by atoms with Gasteiger partial charge in [0, 0.05) is 24.8 Å². The lowest BCUT2D eigenvalue weighted by molar-refractivity contribution is 0.102. The smallest absolute Gasteiger partial charge is 0.274 e. The molecule has 0 saturated heterocycles. The number of carbonyl (C=O) groups excluding carboxylic acids is 2. The van der Waals surface area contributed by atoms with Crippen LogP contribution in [-0.4, -0.2) is 28.0 Å². The number of hydrazone groups is 1. The van der Waals surface area contributed by atoms with E-state index in [4.69, 9.17) is 11.6 Å². The summed E-state index contributed by atoms with van der Waals surface area (Å²) in [5.74, 6) is -0.561. The molecule has 0 saturated carbocycles. The normalized spacial score (nSPS) is 12.3. The minimum atomic E-state index is -0.446. The maximum absolute atomic E-state index is 13.0. The molecular formula is C23H17ClN6O2. The van der Waals surface area contributed by atoms with Crippen LogP contribution in [0.4, 0.5) is 17.2 Å². The van der Waals surface area contributed by atoms with Gasteiger partial charge in [-0.25, -0.2) is 9.99 Å². The van der Waals surface area contributed by atoms with Crippen molar-refractivity contribution < 1.29 is 9.59 Å². The Morgan fingerprint density at radius 3 is 2.59 bits per heavy atom. The van der Waals surface area contributed by atoms with Gasteiger partial charge in [-0.05, 0) is 54.6 Å². The molecule has 8 nitrogen and oxygen atoms in total. The second-order valence-corrected chi connectivity index (χ2v) is 6.99. The number of carbonyl (C=O) groups is 2. The lowest BCUT2D eigenvalue weighted by Crippen LogP contribution is -2.20. The van der Waals surface area contributed by atoms with E-state index in [9.17, 15) is 9.59 Å². The Labute approximate surface area is 189 Å². The molecule has 3 aromatic rings. The van der Waals surface area contributed by atoms with E-state index < -0.39 is 11.8 Å². The van der Waals surface area contributed by atoms with Crippen LogP contribution >= 0.6 is 11.6 Å². The van der Waals surface area contributed by atoms with Crippen LogP contribution in [0, 0.1) is 0 Å². The summed E-state index contributed by atoms with van der Waals surface area (Å²) in [6.07, 6.45) is 11.8. The molecule has 1 aliphatic rings. The SMILES string of the molecule is O=C(Nc1cc(N2C=CC=CC=N2)ccc1C(=O)Nc1ccc(Cl)cn1)c1ccccn1. The number of hydrogen-bond acceptors (Lipinski definition) is 6. The van der Waals surface area contributed by atoms with Gasteiger partial charge < -0.3 is 10.6 Å². The van der Waals surface area contributed by atoms with Gasteiger partial charge in [0.25, 0.3) is 11.8 Å². The molecule has 0 spiro atoms. The van der Waals surface area contributed by atoms with Gasteiger partial charge in [0.05, 0.1) is 22.0 Å². The summed E-state index contributed by atoms with van der Waals surface area (Å²) in [4.78, 5) is 33.8. The van der Waals surface area contributed by atoms with Crippen molar-refractivity contribution in [2.75, 3.05) is 15.6 Å². The molecule has 1 aliphatic heterocycles. The van der Waals surface area contributed by atoms with Gasteiger partial charge in [0.15, 0.2) is 0 Å². The molecule has 0 fully saturated rings. The number of allylic oxidation sites excluding steroid dienone is 3. The largest absolute Gasteiger partial charge is 0.320 e. The van der Waals surface area contributed by atoms with E-state index in [0.29, 0.717) is 22.2 Å². The minimum absolute atomic E-state index is 0.223. The molecule has 4 rings (SSSR count). The Morgan fingerprint density at radius 2 is 1.81 bits per heavy atom. The van der Waals surface area contributed by atoms with Crippen LogP contribution < -0.4 is 15.6 Å². The van der Waals surface area contributed by atoms with E-state index in [0.717, 1.165) is 0 Å². The lowest BCUT2D eigenvalue weighted by atomic mass is 10.1. The molecule has 2 N–H and O–H groups in total. The predicted molar refractivity (Wildman–Crippen MR) is 125 cm³/mol. The van der Waals surface area contributed by atoms with Crippen molar-refractivity contribution in [3.63, 3.8) is 0 Å². The summed E-state index contributed by atoms with van der Waals surface area (Å²) in [7, 11) is 0. The molecule has 2 amide bonds. The Hall–Kier alpha value is -4.30. The molecule has 0 aliphatic carbocycles. The first-order valence-corrected chi connectivity index (χ1v) is 9.94. The minimum Gasteiger partial charge on any atom is -0.320 e. The van der Waals surface area contributed by atoms with Gasteiger partial charge in [-0.15, -0.1) is 0 Å². The Morgan fingerprint density at radius 1 is 0.906 bits per heavy atom. The highest BCUT2D eigenvalue weighted by atomic mass is 35.5. The average molecular weight is 445 g/mol. The fourth-order valence-electron chi connectivity index (χ4n) is 2.84. The van der Waals surface area contributed by atoms with Gasteiger partial charge in [-0.3, -0.25) is 14.6 Å². The van der Waals surface area contributed by atoms with E-state index >= 15 is 0 Å². The fraction of sp³-hybridized carbons (Fsp3) is 0. The zero-order chi connectivity index (χ0) is 22.3. The van der Waals surface area contributed by atoms with Crippen LogP contribution in [0.5, 0.6) is 0 Å². The Balaban J connectivity index is 1.66. The van der Waals surface area contributed by atoms with Crippen molar-refractivity contribution in [2.24, 2.45) is 5.10 Å². The molecule has 1 aromatic carbocycles. The van der Waals surface area contributed by atoms with E-state index in [1.165, 1.54) is 12.4 Å². The zero-order valence-electron chi connectivity index (χ0n) is 16.6. The first-order chi connectivity index (χ1) is 15.6. The van der Waals surface area contributed by atoms with Crippen molar-refractivity contribution in [3.05, 3.63) is 102 Å². The van der Waals surface area contributed by atoms with Crippen molar-refractivity contribution in [2.45, 2.75) is 0 Å². The lowest BCUT2D eigenvalue weighted by Gasteiger charge is -2.17. The number of hydrogen-bond donors (Lipinski definition) is 2. The molecule has 0 bridgehead atoms. The van der Waals surface area contributed by atoms with E-state index in [1.54, 1.807) is 72.0 Å². The average Bonchev–Trinajstić information content (AvgIpc) is 3.11. The number of anilines is 3. The summed E-state index contributed by atoms with van der Waals surface area (Å²) in [5, 5.41) is 11.9. The molecule has 32 heavy (non-hydrogen) atoms. The molecule has 0 atom stereocenters. The zero-order valence-corrected chi connectivity index (χ0v) is 17.4. The number of rotatable bonds is 5. The number of nitrogens with one attached hydrogen (secondary N) is 2. The van der Waals surface area contributed by atoms with Gasteiger partial charge >= 0.3 is 0 Å². The van der Waals surface area contributed by atoms with Crippen LogP contribution in [0.3, 0.4) is 0 Å². The maximum atomic E-state index is 13.0. The summed E-state index contributed by atoms with van der Waals surface area (Å²) < 4.78 is 0. The second-order valence-electron chi connectivity index (χ2n) is 6.55. The third kappa shape index (κ3) is 5.05. The quantitative estimate of drug-likeness (QED) is 0.603. The Bertz CT molecular complexity index is 1210. The number of aromatic nitrogens is 2. The Kier molecular flexibility index (Phi) is 6.33. The first-order valence-electron chi connectivity index (χ1n) is 9.56. The second kappa shape index (κ2) is 9.67. The van der Waals surface area contributed by atoms with Gasteiger partial charge in [-0.2, -0.15) is 5.10 Å². The summed E-state index contributed by atoms with van der Waals surface area (Å²) in [6, 6.07) is 13.2. The monoisotopic (exact) mass is 444 g/mol. The van der Waals surface area contributed by atoms with Gasteiger partial charge in [-0.1, -0.05) is 23.7 Å². The fourth-order valence-corrected chi connectivity index (χ4v) is 2.95. The van der Waals surface area contributed by atoms with Crippen molar-refractivity contribution in [3.8, 4) is 0 Å². The number of halogens is 1. The van der Waals surface area contributed by atoms with Crippen LogP contribution in [0.1, 0.15) is 20.8 Å². The third-order valence-corrected chi connectivity index (χ3v) is 4.58. The van der Waals surface area contributed by atoms with Crippen LogP contribution in [0.25, 0.3) is 0 Å². The molecule has 0 radical (unpaired) electrons. The van der Waals surface area contributed by atoms with Crippen molar-refractivity contribution in [1.29, 1.82) is 0 Å². The van der Waals surface area contributed by atoms with Crippen LogP contribution in [0.2, 0.25) is 5.02 Å². The molecule has 9 heteroatoms. The molecule has 2 aromatic heterocycles. The predicted octanol–water partition coefficient (Wildman–Crippen LogP) is 4.51. The molecular weight excluding hydrogens is 428 g/mol. The number of nitrogens with zero attached hydrogens (tertiary/aromatic N) is 4. The van der Waals surface area contributed by atoms with Crippen molar-refractivity contribution >= 4 is 46.8 Å². The van der Waals surface area contributed by atoms with Gasteiger partial charge in [0.2, 0.25) is 0 Å². The van der Waals surface area contributed by atoms with E-state index in [1.807, 2.05) is 12.2 Å². The highest BCUT2D eigenvalue weighted by Crippen LogP contribution is 2.26. The van der Waals surface area contributed by atoms with Gasteiger partial charge in [0.1, 0.15) is 11.5 Å². The third-order valence-electron chi connectivity index (χ3n) is 4.35. The number of benzene rings is 1. The first kappa shape index (κ1) is 21.0. The molecule has 0 unspecified atom stereocenters. The molecule has 3 heterocycles. The van der Waals surface area contributed by atoms with Crippen LogP contribution in [-0.2, 0) is 0 Å². The summed E-state index contributed by atoms with van der Waals surface area (Å²) in [5.41, 5.74) is 1.42. The standard InChI is InChI=1S/C23H17ClN6O2/c24-16-7-10-21(26-15-16)29-22(31)18-9-8-17(30-13-5-1-3-12-27-30)14-20(18)28-23(32)19-6-2-4-11-25-19/h1-15H,(H,28,32)(H,26,29,31). The summed E-state index contributed by atoms with van der Waals surface area (Å²) in [6.45, 7) is 0. The topological polar surface area (TPSA) is 99.6 Å². The highest BCUT2D eigenvalue weighted by molar-refractivity contribution is 6.30. The van der Waals surface area contributed by atoms with E-state index in [-0.39, 0.29) is 11.3 Å². The highest BCUT2D eigenvalue weighted by Gasteiger charge is 2.18. The molecule has 158 valence electrons. The number of amides is 2. The van der Waals surface area contributed by atoms with E-state index in [2.05, 4.69) is 25.7 Å². The maximum Gasteiger partial charge on any atom is 0.274 e. The van der Waals surface area contributed by atoms with Crippen molar-refractivity contribution in [1.82, 2.24) is 9.97 Å². The number of pyridine rings is 2. The van der Waals surface area contributed by atoms with Crippen LogP contribution in [0.15, 0.2) is 90.5 Å².